The third-order valence-corrected chi connectivity index (χ3v) is 7.24. The van der Waals surface area contributed by atoms with Crippen LogP contribution in [-0.2, 0) is 0 Å². The molecule has 0 N–H and O–H groups in total. The normalized spacial score (nSPS) is 14.0. The molecule has 4 heterocycles. The molecule has 4 aromatic rings. The minimum Gasteiger partial charge on any atom is -0.186 e. The van der Waals surface area contributed by atoms with Gasteiger partial charge < -0.3 is 0 Å². The van der Waals surface area contributed by atoms with Crippen LogP contribution in [0.4, 0.5) is 0 Å². The Bertz CT molecular complexity index is 1080. The van der Waals surface area contributed by atoms with Gasteiger partial charge in [0.1, 0.15) is 0 Å². The van der Waals surface area contributed by atoms with Gasteiger partial charge in [-0.1, -0.05) is 47.6 Å². The van der Waals surface area contributed by atoms with Crippen LogP contribution in [0, 0.1) is 0 Å². The minimum absolute atomic E-state index is 0.706. The first-order chi connectivity index (χ1) is 11.8. The lowest BCUT2D eigenvalue weighted by Gasteiger charge is -2.12. The van der Waals surface area contributed by atoms with Gasteiger partial charge in [-0.15, -0.1) is 32.9 Å². The van der Waals surface area contributed by atoms with Crippen molar-refractivity contribution in [2.24, 2.45) is 5.10 Å². The molecule has 0 unspecified atom stereocenters. The molecule has 1 aromatic carbocycles. The second-order valence-electron chi connectivity index (χ2n) is 5.17. The first-order valence-corrected chi connectivity index (χ1v) is 10.2. The molecule has 0 fully saturated rings. The molecular weight excluding hydrogens is 380 g/mol. The Morgan fingerprint density at radius 2 is 2.00 bits per heavy atom. The van der Waals surface area contributed by atoms with Crippen LogP contribution in [0.2, 0.25) is 5.02 Å². The molecule has 0 radical (unpaired) electrons. The number of nitrogens with zero attached hydrogens (tertiary/aromatic N) is 4. The van der Waals surface area contributed by atoms with Crippen LogP contribution < -0.4 is 0 Å². The van der Waals surface area contributed by atoms with Crippen LogP contribution in [0.3, 0.4) is 0 Å². The topological polar surface area (TPSA) is 43.1 Å². The fourth-order valence-corrected chi connectivity index (χ4v) is 5.70. The summed E-state index contributed by atoms with van der Waals surface area (Å²) in [4.78, 5) is 2.09. The van der Waals surface area contributed by atoms with E-state index in [0.29, 0.717) is 10.8 Å². The number of hydrogen-bond acceptors (Lipinski definition) is 6. The SMILES string of the molecule is Clc1c(-c2nnc3n2N=C(c2cccs2)CS3)sc2ccccc12. The van der Waals surface area contributed by atoms with E-state index in [0.717, 1.165) is 31.6 Å². The van der Waals surface area contributed by atoms with Crippen molar-refractivity contribution >= 4 is 61.8 Å². The van der Waals surface area contributed by atoms with E-state index in [4.69, 9.17) is 16.7 Å². The zero-order valence-corrected chi connectivity index (χ0v) is 15.3. The highest BCUT2D eigenvalue weighted by atomic mass is 35.5. The molecule has 0 saturated heterocycles. The molecule has 4 nitrogen and oxygen atoms in total. The maximum atomic E-state index is 6.60. The molecule has 24 heavy (non-hydrogen) atoms. The summed E-state index contributed by atoms with van der Waals surface area (Å²) in [6.07, 6.45) is 0. The summed E-state index contributed by atoms with van der Waals surface area (Å²) in [7, 11) is 0. The maximum Gasteiger partial charge on any atom is 0.212 e. The van der Waals surface area contributed by atoms with Crippen molar-refractivity contribution < 1.29 is 0 Å². The molecule has 3 aromatic heterocycles. The third-order valence-electron chi connectivity index (χ3n) is 3.71. The smallest absolute Gasteiger partial charge is 0.186 e. The maximum absolute atomic E-state index is 6.60. The highest BCUT2D eigenvalue weighted by Gasteiger charge is 2.24. The van der Waals surface area contributed by atoms with Gasteiger partial charge >= 0.3 is 0 Å². The fourth-order valence-electron chi connectivity index (χ4n) is 2.59. The van der Waals surface area contributed by atoms with Gasteiger partial charge in [-0.3, -0.25) is 0 Å². The molecule has 118 valence electrons. The second kappa shape index (κ2) is 5.70. The van der Waals surface area contributed by atoms with Crippen molar-refractivity contribution in [3.63, 3.8) is 0 Å². The molecular formula is C16H9ClN4S3. The van der Waals surface area contributed by atoms with Crippen molar-refractivity contribution in [3.8, 4) is 10.7 Å². The average molecular weight is 389 g/mol. The van der Waals surface area contributed by atoms with Gasteiger partial charge in [-0.25, -0.2) is 0 Å². The zero-order chi connectivity index (χ0) is 16.1. The Kier molecular flexibility index (Phi) is 3.48. The van der Waals surface area contributed by atoms with Crippen LogP contribution in [0.25, 0.3) is 20.8 Å². The van der Waals surface area contributed by atoms with E-state index >= 15 is 0 Å². The summed E-state index contributed by atoms with van der Waals surface area (Å²) in [5.41, 5.74) is 1.04. The Balaban J connectivity index is 1.69. The minimum atomic E-state index is 0.706. The lowest BCUT2D eigenvalue weighted by molar-refractivity contribution is 0.764. The van der Waals surface area contributed by atoms with Crippen LogP contribution in [0.15, 0.2) is 52.0 Å². The third kappa shape index (κ3) is 2.23. The van der Waals surface area contributed by atoms with E-state index in [-0.39, 0.29) is 0 Å². The van der Waals surface area contributed by atoms with E-state index in [1.807, 2.05) is 28.9 Å². The lowest BCUT2D eigenvalue weighted by atomic mass is 10.2. The summed E-state index contributed by atoms with van der Waals surface area (Å²) < 4.78 is 2.96. The molecule has 0 atom stereocenters. The number of halogens is 1. The second-order valence-corrected chi connectivity index (χ2v) is 8.49. The van der Waals surface area contributed by atoms with E-state index in [9.17, 15) is 0 Å². The molecule has 0 bridgehead atoms. The average Bonchev–Trinajstić information content (AvgIpc) is 3.33. The van der Waals surface area contributed by atoms with E-state index in [1.54, 1.807) is 34.4 Å². The molecule has 0 aliphatic carbocycles. The number of benzene rings is 1. The molecule has 1 aliphatic rings. The number of hydrogen-bond donors (Lipinski definition) is 0. The Morgan fingerprint density at radius 3 is 2.83 bits per heavy atom. The van der Waals surface area contributed by atoms with Crippen molar-refractivity contribution in [2.45, 2.75) is 5.16 Å². The van der Waals surface area contributed by atoms with Gasteiger partial charge in [-0.05, 0) is 17.5 Å². The highest BCUT2D eigenvalue weighted by molar-refractivity contribution is 7.99. The Morgan fingerprint density at radius 1 is 1.08 bits per heavy atom. The molecule has 1 aliphatic heterocycles. The number of rotatable bonds is 2. The van der Waals surface area contributed by atoms with Gasteiger partial charge in [0.2, 0.25) is 5.16 Å². The standard InChI is InChI=1S/C16H9ClN4S3/c17-13-9-4-1-2-5-11(9)24-14(13)15-18-19-16-21(15)20-10(8-23-16)12-6-3-7-22-12/h1-7H,8H2. The first kappa shape index (κ1) is 14.7. The Labute approximate surface area is 154 Å². The van der Waals surface area contributed by atoms with Crippen LogP contribution >= 0.6 is 46.0 Å². The zero-order valence-electron chi connectivity index (χ0n) is 12.1. The van der Waals surface area contributed by atoms with Gasteiger partial charge in [0.15, 0.2) is 5.82 Å². The number of fused-ring (bicyclic) bond motifs is 2. The summed E-state index contributed by atoms with van der Waals surface area (Å²) in [6, 6.07) is 12.2. The summed E-state index contributed by atoms with van der Waals surface area (Å²) in [5, 5.41) is 18.0. The fraction of sp³-hybridized carbons (Fsp3) is 0.0625. The predicted molar refractivity (Wildman–Crippen MR) is 103 cm³/mol. The number of thioether (sulfide) groups is 1. The number of aromatic nitrogens is 3. The highest BCUT2D eigenvalue weighted by Crippen LogP contribution is 2.42. The van der Waals surface area contributed by atoms with Crippen LogP contribution in [0.5, 0.6) is 0 Å². The molecule has 0 saturated carbocycles. The summed E-state index contributed by atoms with van der Waals surface area (Å²) in [5.74, 6) is 1.51. The molecule has 5 rings (SSSR count). The van der Waals surface area contributed by atoms with Crippen molar-refractivity contribution in [1.29, 1.82) is 0 Å². The Hall–Kier alpha value is -1.67. The van der Waals surface area contributed by atoms with Gasteiger partial charge in [0.25, 0.3) is 0 Å². The largest absolute Gasteiger partial charge is 0.212 e. The van der Waals surface area contributed by atoms with Crippen molar-refractivity contribution in [1.82, 2.24) is 14.9 Å². The summed E-state index contributed by atoms with van der Waals surface area (Å²) >= 11 is 11.6. The number of thiophene rings is 2. The van der Waals surface area contributed by atoms with Crippen molar-refractivity contribution in [2.75, 3.05) is 5.75 Å². The van der Waals surface area contributed by atoms with Crippen LogP contribution in [-0.4, -0.2) is 26.3 Å². The van der Waals surface area contributed by atoms with E-state index < -0.39 is 0 Å². The van der Waals surface area contributed by atoms with Gasteiger partial charge in [-0.2, -0.15) is 9.78 Å². The lowest BCUT2D eigenvalue weighted by Crippen LogP contribution is -2.12. The van der Waals surface area contributed by atoms with Gasteiger partial charge in [0.05, 0.1) is 20.5 Å². The predicted octanol–water partition coefficient (Wildman–Crippen LogP) is 5.23. The van der Waals surface area contributed by atoms with E-state index in [2.05, 4.69) is 27.7 Å². The monoisotopic (exact) mass is 388 g/mol. The van der Waals surface area contributed by atoms with Crippen molar-refractivity contribution in [3.05, 3.63) is 51.7 Å². The summed E-state index contributed by atoms with van der Waals surface area (Å²) in [6.45, 7) is 0. The van der Waals surface area contributed by atoms with Crippen LogP contribution in [0.1, 0.15) is 4.88 Å². The molecule has 8 heteroatoms. The quantitative estimate of drug-likeness (QED) is 0.472. The molecule has 0 amide bonds. The first-order valence-electron chi connectivity index (χ1n) is 7.18. The van der Waals surface area contributed by atoms with E-state index in [1.165, 1.54) is 4.88 Å². The van der Waals surface area contributed by atoms with Gasteiger partial charge in [0, 0.05) is 15.8 Å². The molecule has 0 spiro atoms.